The Bertz CT molecular complexity index is 592. The van der Waals surface area contributed by atoms with Crippen molar-refractivity contribution in [2.24, 2.45) is 0 Å². The van der Waals surface area contributed by atoms with Crippen LogP contribution in [0.1, 0.15) is 22.3 Å². The van der Waals surface area contributed by atoms with Crippen LogP contribution >= 0.6 is 0 Å². The van der Waals surface area contributed by atoms with Crippen LogP contribution in [0.4, 0.5) is 5.69 Å². The monoisotopic (exact) mass is 268 g/mol. The number of hydrogen-bond donors (Lipinski definition) is 2. The first kappa shape index (κ1) is 13.2. The van der Waals surface area contributed by atoms with Crippen LogP contribution in [0.25, 0.3) is 0 Å². The number of aliphatic hydroxyl groups excluding tert-OH is 1. The molecule has 0 fully saturated rings. The van der Waals surface area contributed by atoms with Gasteiger partial charge in [0.1, 0.15) is 0 Å². The Labute approximate surface area is 119 Å². The summed E-state index contributed by atoms with van der Waals surface area (Å²) >= 11 is 0. The summed E-state index contributed by atoms with van der Waals surface area (Å²) < 4.78 is 0. The number of rotatable bonds is 3. The van der Waals surface area contributed by atoms with Crippen molar-refractivity contribution in [2.75, 3.05) is 12.3 Å². The third-order valence-corrected chi connectivity index (χ3v) is 3.99. The van der Waals surface area contributed by atoms with Gasteiger partial charge in [0.15, 0.2) is 0 Å². The lowest BCUT2D eigenvalue weighted by Crippen LogP contribution is -2.30. The van der Waals surface area contributed by atoms with E-state index in [0.29, 0.717) is 0 Å². The van der Waals surface area contributed by atoms with Gasteiger partial charge in [0.2, 0.25) is 0 Å². The number of nitrogens with two attached hydrogens (primary N) is 1. The predicted octanol–water partition coefficient (Wildman–Crippen LogP) is 2.32. The van der Waals surface area contributed by atoms with Gasteiger partial charge in [-0.1, -0.05) is 36.4 Å². The molecule has 3 nitrogen and oxygen atoms in total. The first-order chi connectivity index (χ1) is 9.76. The number of benzene rings is 2. The molecule has 1 heterocycles. The maximum absolute atomic E-state index is 9.06. The largest absolute Gasteiger partial charge is 0.398 e. The smallest absolute Gasteiger partial charge is 0.0681 e. The molecule has 0 saturated carbocycles. The number of nitrogen functional groups attached to an aromatic ring is 1. The van der Waals surface area contributed by atoms with Crippen molar-refractivity contribution in [2.45, 2.75) is 26.1 Å². The van der Waals surface area contributed by atoms with Gasteiger partial charge in [0.25, 0.3) is 0 Å². The first-order valence-electron chi connectivity index (χ1n) is 7.03. The fraction of sp³-hybridized carbons (Fsp3) is 0.294. The normalized spacial score (nSPS) is 15.1. The van der Waals surface area contributed by atoms with Crippen molar-refractivity contribution in [1.82, 2.24) is 4.90 Å². The highest BCUT2D eigenvalue weighted by Crippen LogP contribution is 2.25. The van der Waals surface area contributed by atoms with Gasteiger partial charge in [-0.15, -0.1) is 0 Å². The molecule has 0 unspecified atom stereocenters. The third-order valence-electron chi connectivity index (χ3n) is 3.99. The fourth-order valence-corrected chi connectivity index (χ4v) is 2.84. The number of fused-ring (bicyclic) bond motifs is 1. The van der Waals surface area contributed by atoms with Gasteiger partial charge >= 0.3 is 0 Å². The second kappa shape index (κ2) is 5.65. The lowest BCUT2D eigenvalue weighted by molar-refractivity contribution is 0.245. The van der Waals surface area contributed by atoms with E-state index >= 15 is 0 Å². The molecule has 1 aliphatic heterocycles. The lowest BCUT2D eigenvalue weighted by Gasteiger charge is -2.29. The van der Waals surface area contributed by atoms with E-state index in [-0.39, 0.29) is 6.61 Å². The molecular weight excluding hydrogens is 248 g/mol. The molecule has 2 aromatic rings. The van der Waals surface area contributed by atoms with Gasteiger partial charge in [0, 0.05) is 25.3 Å². The standard InChI is InChI=1S/C17H20N2O/c18-17-3-1-2-15-11-19(9-8-16(15)17)10-13-4-6-14(12-20)7-5-13/h1-7,20H,8-12,18H2. The van der Waals surface area contributed by atoms with Crippen LogP contribution < -0.4 is 5.73 Å². The van der Waals surface area contributed by atoms with Crippen molar-refractivity contribution in [1.29, 1.82) is 0 Å². The average molecular weight is 268 g/mol. The summed E-state index contributed by atoms with van der Waals surface area (Å²) in [6.07, 6.45) is 1.02. The van der Waals surface area contributed by atoms with E-state index in [1.54, 1.807) is 0 Å². The molecule has 0 atom stereocenters. The van der Waals surface area contributed by atoms with Crippen molar-refractivity contribution >= 4 is 5.69 Å². The molecule has 0 aromatic heterocycles. The Morgan fingerprint density at radius 1 is 1.05 bits per heavy atom. The summed E-state index contributed by atoms with van der Waals surface area (Å²) in [5.74, 6) is 0. The van der Waals surface area contributed by atoms with Crippen LogP contribution in [0.3, 0.4) is 0 Å². The average Bonchev–Trinajstić information content (AvgIpc) is 2.48. The van der Waals surface area contributed by atoms with E-state index in [0.717, 1.165) is 37.3 Å². The van der Waals surface area contributed by atoms with Crippen LogP contribution in [0.15, 0.2) is 42.5 Å². The van der Waals surface area contributed by atoms with Crippen molar-refractivity contribution in [3.05, 3.63) is 64.7 Å². The zero-order valence-electron chi connectivity index (χ0n) is 11.5. The topological polar surface area (TPSA) is 49.5 Å². The minimum atomic E-state index is 0.108. The van der Waals surface area contributed by atoms with Crippen molar-refractivity contribution in [3.63, 3.8) is 0 Å². The molecule has 1 aliphatic rings. The highest BCUT2D eigenvalue weighted by molar-refractivity contribution is 5.51. The van der Waals surface area contributed by atoms with Gasteiger partial charge in [-0.2, -0.15) is 0 Å². The second-order valence-electron chi connectivity index (χ2n) is 5.42. The summed E-state index contributed by atoms with van der Waals surface area (Å²) in [5.41, 5.74) is 11.9. The SMILES string of the molecule is Nc1cccc2c1CCN(Cc1ccc(CO)cc1)C2. The molecule has 0 saturated heterocycles. The van der Waals surface area contributed by atoms with E-state index in [1.165, 1.54) is 16.7 Å². The fourth-order valence-electron chi connectivity index (χ4n) is 2.84. The molecule has 3 N–H and O–H groups in total. The van der Waals surface area contributed by atoms with E-state index in [9.17, 15) is 0 Å². The maximum atomic E-state index is 9.06. The first-order valence-corrected chi connectivity index (χ1v) is 7.03. The molecule has 0 amide bonds. The summed E-state index contributed by atoms with van der Waals surface area (Å²) in [6, 6.07) is 14.4. The summed E-state index contributed by atoms with van der Waals surface area (Å²) in [5, 5.41) is 9.06. The van der Waals surface area contributed by atoms with Gasteiger partial charge in [-0.3, -0.25) is 4.90 Å². The Morgan fingerprint density at radius 2 is 1.80 bits per heavy atom. The zero-order valence-corrected chi connectivity index (χ0v) is 11.5. The molecule has 0 bridgehead atoms. The summed E-state index contributed by atoms with van der Waals surface area (Å²) in [7, 11) is 0. The Hall–Kier alpha value is -1.84. The number of hydrogen-bond acceptors (Lipinski definition) is 3. The molecule has 2 aromatic carbocycles. The maximum Gasteiger partial charge on any atom is 0.0681 e. The summed E-state index contributed by atoms with van der Waals surface area (Å²) in [4.78, 5) is 2.44. The van der Waals surface area contributed by atoms with Crippen molar-refractivity contribution < 1.29 is 5.11 Å². The molecule has 3 rings (SSSR count). The van der Waals surface area contributed by atoms with Gasteiger partial charge in [-0.05, 0) is 34.7 Å². The Balaban J connectivity index is 1.70. The third kappa shape index (κ3) is 2.69. The van der Waals surface area contributed by atoms with Gasteiger partial charge < -0.3 is 10.8 Å². The molecule has 0 aliphatic carbocycles. The van der Waals surface area contributed by atoms with Crippen molar-refractivity contribution in [3.8, 4) is 0 Å². The van der Waals surface area contributed by atoms with Crippen LogP contribution in [0.2, 0.25) is 0 Å². The predicted molar refractivity (Wildman–Crippen MR) is 81.0 cm³/mol. The number of nitrogens with zero attached hydrogens (tertiary/aromatic N) is 1. The highest BCUT2D eigenvalue weighted by atomic mass is 16.3. The number of anilines is 1. The molecular formula is C17H20N2O. The van der Waals surface area contributed by atoms with Crippen LogP contribution in [-0.4, -0.2) is 16.6 Å². The quantitative estimate of drug-likeness (QED) is 0.840. The van der Waals surface area contributed by atoms with E-state index in [2.05, 4.69) is 23.1 Å². The summed E-state index contributed by atoms with van der Waals surface area (Å²) in [6.45, 7) is 3.06. The van der Waals surface area contributed by atoms with Crippen LogP contribution in [0.5, 0.6) is 0 Å². The minimum Gasteiger partial charge on any atom is -0.398 e. The van der Waals surface area contributed by atoms with E-state index in [1.807, 2.05) is 24.3 Å². The van der Waals surface area contributed by atoms with Gasteiger partial charge in [-0.25, -0.2) is 0 Å². The zero-order chi connectivity index (χ0) is 13.9. The van der Waals surface area contributed by atoms with Crippen LogP contribution in [-0.2, 0) is 26.1 Å². The Morgan fingerprint density at radius 3 is 2.55 bits per heavy atom. The van der Waals surface area contributed by atoms with Crippen LogP contribution in [0, 0.1) is 0 Å². The number of aliphatic hydroxyl groups is 1. The highest BCUT2D eigenvalue weighted by Gasteiger charge is 2.17. The van der Waals surface area contributed by atoms with E-state index < -0.39 is 0 Å². The second-order valence-corrected chi connectivity index (χ2v) is 5.42. The molecule has 0 spiro atoms. The molecule has 104 valence electrons. The van der Waals surface area contributed by atoms with Gasteiger partial charge in [0.05, 0.1) is 6.61 Å². The molecule has 20 heavy (non-hydrogen) atoms. The molecule has 3 heteroatoms. The van der Waals surface area contributed by atoms with E-state index in [4.69, 9.17) is 10.8 Å². The lowest BCUT2D eigenvalue weighted by atomic mass is 9.97. The minimum absolute atomic E-state index is 0.108. The molecule has 0 radical (unpaired) electrons. The Kier molecular flexibility index (Phi) is 3.72.